The summed E-state index contributed by atoms with van der Waals surface area (Å²) in [5.41, 5.74) is 0.912. The molecule has 0 bridgehead atoms. The van der Waals surface area contributed by atoms with E-state index in [9.17, 15) is 0 Å². The molecule has 1 fully saturated rings. The van der Waals surface area contributed by atoms with Crippen molar-refractivity contribution in [1.29, 1.82) is 0 Å². The molecular weight excluding hydrogens is 236 g/mol. The number of fused-ring (bicyclic) bond motifs is 1. The van der Waals surface area contributed by atoms with Crippen molar-refractivity contribution < 1.29 is 0 Å². The minimum Gasteiger partial charge on any atom is -0.349 e. The number of hydrogen-bond acceptors (Lipinski definition) is 3. The number of rotatable bonds is 4. The quantitative estimate of drug-likeness (QED) is 0.854. The van der Waals surface area contributed by atoms with Crippen LogP contribution in [0, 0.1) is 0 Å². The maximum Gasteiger partial charge on any atom is 0.142 e. The zero-order chi connectivity index (χ0) is 13.1. The zero-order valence-corrected chi connectivity index (χ0v) is 11.2. The molecule has 0 aromatic carbocycles. The Morgan fingerprint density at radius 1 is 1.32 bits per heavy atom. The molecule has 1 aliphatic carbocycles. The van der Waals surface area contributed by atoms with E-state index in [1.54, 1.807) is 6.33 Å². The Hall–Kier alpha value is -1.84. The molecule has 0 radical (unpaired) electrons. The van der Waals surface area contributed by atoms with Crippen LogP contribution in [0.5, 0.6) is 0 Å². The van der Waals surface area contributed by atoms with Crippen molar-refractivity contribution in [2.24, 2.45) is 0 Å². The highest BCUT2D eigenvalue weighted by atomic mass is 15.2. The maximum atomic E-state index is 4.52. The van der Waals surface area contributed by atoms with Crippen LogP contribution in [0.25, 0.3) is 11.0 Å². The van der Waals surface area contributed by atoms with E-state index in [-0.39, 0.29) is 0 Å². The summed E-state index contributed by atoms with van der Waals surface area (Å²) >= 11 is 0. The van der Waals surface area contributed by atoms with Crippen molar-refractivity contribution in [3.8, 4) is 0 Å². The largest absolute Gasteiger partial charge is 0.349 e. The molecule has 2 aromatic heterocycles. The fourth-order valence-electron chi connectivity index (χ4n) is 3.03. The van der Waals surface area contributed by atoms with Gasteiger partial charge in [-0.1, -0.05) is 25.3 Å². The Balaban J connectivity index is 1.98. The number of hydrogen-bond donors (Lipinski definition) is 1. The summed E-state index contributed by atoms with van der Waals surface area (Å²) in [4.78, 5) is 14.3. The number of nitrogens with one attached hydrogen (secondary N) is 1. The molecule has 19 heavy (non-hydrogen) atoms. The minimum absolute atomic E-state index is 0.583. The molecule has 0 amide bonds. The van der Waals surface area contributed by atoms with Gasteiger partial charge in [0.05, 0.1) is 5.39 Å². The molecule has 4 nitrogen and oxygen atoms in total. The molecule has 2 heterocycles. The third-order valence-corrected chi connectivity index (χ3v) is 3.95. The fourth-order valence-corrected chi connectivity index (χ4v) is 3.03. The second-order valence-electron chi connectivity index (χ2n) is 5.17. The average Bonchev–Trinajstić information content (AvgIpc) is 2.94. The molecule has 0 atom stereocenters. The molecule has 0 saturated heterocycles. The molecule has 1 aliphatic rings. The molecule has 4 heteroatoms. The summed E-state index contributed by atoms with van der Waals surface area (Å²) in [7, 11) is 0. The Morgan fingerprint density at radius 2 is 2.16 bits per heavy atom. The van der Waals surface area contributed by atoms with E-state index < -0.39 is 0 Å². The number of H-pyrrole nitrogens is 1. The predicted molar refractivity (Wildman–Crippen MR) is 78.3 cm³/mol. The van der Waals surface area contributed by atoms with Crippen LogP contribution < -0.4 is 4.90 Å². The van der Waals surface area contributed by atoms with Crippen LogP contribution in [0.3, 0.4) is 0 Å². The zero-order valence-electron chi connectivity index (χ0n) is 11.2. The van der Waals surface area contributed by atoms with E-state index in [1.807, 2.05) is 12.3 Å². The first-order valence-electron chi connectivity index (χ1n) is 7.06. The standard InChI is InChI=1S/C15H20N4/c1-2-10-19(12-6-4-3-5-7-12)15-13-8-9-16-14(13)17-11-18-15/h2,8-9,11-12H,1,3-7,10H2,(H,16,17,18). The highest BCUT2D eigenvalue weighted by Gasteiger charge is 2.23. The Kier molecular flexibility index (Phi) is 3.49. The lowest BCUT2D eigenvalue weighted by Gasteiger charge is -2.34. The first kappa shape index (κ1) is 12.2. The van der Waals surface area contributed by atoms with Gasteiger partial charge in [-0.2, -0.15) is 0 Å². The number of aromatic amines is 1. The van der Waals surface area contributed by atoms with Crippen LogP contribution in [0.4, 0.5) is 5.82 Å². The van der Waals surface area contributed by atoms with Crippen LogP contribution >= 0.6 is 0 Å². The van der Waals surface area contributed by atoms with Gasteiger partial charge in [-0.05, 0) is 18.9 Å². The first-order chi connectivity index (χ1) is 9.40. The molecule has 0 spiro atoms. The van der Waals surface area contributed by atoms with E-state index in [0.717, 1.165) is 23.4 Å². The SMILES string of the molecule is C=CCN(c1ncnc2[nH]ccc12)C1CCCCC1. The topological polar surface area (TPSA) is 44.8 Å². The highest BCUT2D eigenvalue weighted by molar-refractivity contribution is 5.87. The molecule has 2 aromatic rings. The Morgan fingerprint density at radius 3 is 2.95 bits per heavy atom. The van der Waals surface area contributed by atoms with Crippen LogP contribution in [-0.4, -0.2) is 27.5 Å². The normalized spacial score (nSPS) is 16.6. The molecule has 1 N–H and O–H groups in total. The first-order valence-corrected chi connectivity index (χ1v) is 7.06. The van der Waals surface area contributed by atoms with Gasteiger partial charge >= 0.3 is 0 Å². The van der Waals surface area contributed by atoms with Crippen molar-refractivity contribution >= 4 is 16.9 Å². The van der Waals surface area contributed by atoms with E-state index in [4.69, 9.17) is 0 Å². The minimum atomic E-state index is 0.583. The Bertz CT molecular complexity index is 554. The van der Waals surface area contributed by atoms with Crippen molar-refractivity contribution in [3.63, 3.8) is 0 Å². The van der Waals surface area contributed by atoms with Crippen LogP contribution in [0.2, 0.25) is 0 Å². The number of nitrogens with zero attached hydrogens (tertiary/aromatic N) is 3. The van der Waals surface area contributed by atoms with Crippen molar-refractivity contribution in [3.05, 3.63) is 31.2 Å². The monoisotopic (exact) mass is 256 g/mol. The Labute approximate surface area is 113 Å². The molecule has 1 saturated carbocycles. The van der Waals surface area contributed by atoms with Gasteiger partial charge in [0.1, 0.15) is 17.8 Å². The van der Waals surface area contributed by atoms with E-state index >= 15 is 0 Å². The second kappa shape index (κ2) is 5.43. The third-order valence-electron chi connectivity index (χ3n) is 3.95. The van der Waals surface area contributed by atoms with Crippen molar-refractivity contribution in [2.45, 2.75) is 38.1 Å². The van der Waals surface area contributed by atoms with E-state index in [1.165, 1.54) is 32.1 Å². The summed E-state index contributed by atoms with van der Waals surface area (Å²) in [5, 5.41) is 1.11. The summed E-state index contributed by atoms with van der Waals surface area (Å²) in [5.74, 6) is 1.04. The lowest BCUT2D eigenvalue weighted by atomic mass is 9.94. The smallest absolute Gasteiger partial charge is 0.142 e. The van der Waals surface area contributed by atoms with Gasteiger partial charge in [0.15, 0.2) is 0 Å². The van der Waals surface area contributed by atoms with Gasteiger partial charge in [0, 0.05) is 18.8 Å². The third kappa shape index (κ3) is 2.35. The van der Waals surface area contributed by atoms with Gasteiger partial charge < -0.3 is 9.88 Å². The van der Waals surface area contributed by atoms with Gasteiger partial charge in [-0.15, -0.1) is 6.58 Å². The second-order valence-corrected chi connectivity index (χ2v) is 5.17. The predicted octanol–water partition coefficient (Wildman–Crippen LogP) is 3.28. The molecule has 0 unspecified atom stereocenters. The van der Waals surface area contributed by atoms with Gasteiger partial charge in [0.25, 0.3) is 0 Å². The van der Waals surface area contributed by atoms with Gasteiger partial charge in [-0.3, -0.25) is 0 Å². The molecule has 0 aliphatic heterocycles. The molecule has 100 valence electrons. The molecular formula is C15H20N4. The van der Waals surface area contributed by atoms with Gasteiger partial charge in [0.2, 0.25) is 0 Å². The summed E-state index contributed by atoms with van der Waals surface area (Å²) in [6.45, 7) is 4.74. The van der Waals surface area contributed by atoms with Gasteiger partial charge in [-0.25, -0.2) is 9.97 Å². The van der Waals surface area contributed by atoms with E-state index in [0.29, 0.717) is 6.04 Å². The van der Waals surface area contributed by atoms with Crippen LogP contribution in [0.1, 0.15) is 32.1 Å². The maximum absolute atomic E-state index is 4.52. The van der Waals surface area contributed by atoms with E-state index in [2.05, 4.69) is 32.5 Å². The van der Waals surface area contributed by atoms with Crippen molar-refractivity contribution in [1.82, 2.24) is 15.0 Å². The average molecular weight is 256 g/mol. The number of aromatic nitrogens is 3. The lowest BCUT2D eigenvalue weighted by Crippen LogP contribution is -2.37. The van der Waals surface area contributed by atoms with Crippen LogP contribution in [-0.2, 0) is 0 Å². The summed E-state index contributed by atoms with van der Waals surface area (Å²) < 4.78 is 0. The highest BCUT2D eigenvalue weighted by Crippen LogP contribution is 2.29. The fraction of sp³-hybridized carbons (Fsp3) is 0.467. The summed E-state index contributed by atoms with van der Waals surface area (Å²) in [6.07, 6.45) is 12.0. The molecule has 3 rings (SSSR count). The summed E-state index contributed by atoms with van der Waals surface area (Å²) in [6, 6.07) is 2.64. The number of anilines is 1. The van der Waals surface area contributed by atoms with Crippen LogP contribution in [0.15, 0.2) is 31.2 Å². The lowest BCUT2D eigenvalue weighted by molar-refractivity contribution is 0.420. The van der Waals surface area contributed by atoms with Crippen molar-refractivity contribution in [2.75, 3.05) is 11.4 Å².